The number of halogens is 7. The van der Waals surface area contributed by atoms with Crippen LogP contribution in [0.3, 0.4) is 0 Å². The lowest BCUT2D eigenvalue weighted by Gasteiger charge is -2.32. The van der Waals surface area contributed by atoms with Gasteiger partial charge in [0.15, 0.2) is 0 Å². The fourth-order valence-electron chi connectivity index (χ4n) is 1.49. The molecule has 162 valence electrons. The Hall–Kier alpha value is -0.800. The molecule has 1 aromatic heterocycles. The molecule has 0 aromatic carbocycles. The van der Waals surface area contributed by atoms with E-state index in [9.17, 15) is 44.0 Å². The summed E-state index contributed by atoms with van der Waals surface area (Å²) in [5.74, 6) is -6.09. The van der Waals surface area contributed by atoms with Crippen LogP contribution in [-0.4, -0.2) is 29.4 Å². The predicted molar refractivity (Wildman–Crippen MR) is 90.9 cm³/mol. The second kappa shape index (κ2) is 10.8. The van der Waals surface area contributed by atoms with Gasteiger partial charge >= 0.3 is 5.92 Å². The van der Waals surface area contributed by atoms with E-state index in [2.05, 4.69) is 10.2 Å². The summed E-state index contributed by atoms with van der Waals surface area (Å²) in [5, 5.41) is 27.2. The molecule has 1 heterocycles. The fourth-order valence-corrected chi connectivity index (χ4v) is 4.06. The second-order valence-electron chi connectivity index (χ2n) is 4.29. The van der Waals surface area contributed by atoms with Crippen molar-refractivity contribution in [3.8, 4) is 0 Å². The first-order valence-electron chi connectivity index (χ1n) is 5.92. The number of alkyl halides is 1. The maximum atomic E-state index is 13.7. The van der Waals surface area contributed by atoms with Gasteiger partial charge in [-0.3, -0.25) is 24.9 Å². The monoisotopic (exact) mass is 518 g/mol. The van der Waals surface area contributed by atoms with Crippen molar-refractivity contribution in [1.82, 2.24) is 10.2 Å². The first-order valence-corrected chi connectivity index (χ1v) is 9.51. The van der Waals surface area contributed by atoms with Gasteiger partial charge in [0.05, 0.1) is 60.7 Å². The van der Waals surface area contributed by atoms with Crippen LogP contribution >= 0.6 is 60.7 Å². The minimum Gasteiger partial charge on any atom is -0.422 e. The minimum atomic E-state index is -4.11. The van der Waals surface area contributed by atoms with Crippen molar-refractivity contribution in [2.24, 2.45) is 0 Å². The van der Waals surface area contributed by atoms with Gasteiger partial charge in [-0.15, -0.1) is 10.2 Å². The highest BCUT2D eigenvalue weighted by Gasteiger charge is 2.65. The van der Waals surface area contributed by atoms with Crippen LogP contribution in [0.5, 0.6) is 0 Å². The molecular formula is C7H5F7N4O5S5. The maximum absolute atomic E-state index is 13.7. The summed E-state index contributed by atoms with van der Waals surface area (Å²) in [6, 6.07) is 0. The number of aromatic nitrogens is 2. The first kappa shape index (κ1) is 27.2. The van der Waals surface area contributed by atoms with Crippen molar-refractivity contribution in [1.29, 1.82) is 0 Å². The molecule has 0 saturated heterocycles. The molecule has 0 saturated carbocycles. The van der Waals surface area contributed by atoms with E-state index in [4.69, 9.17) is 4.42 Å². The Morgan fingerprint density at radius 1 is 0.929 bits per heavy atom. The van der Waals surface area contributed by atoms with Crippen LogP contribution in [-0.2, 0) is 10.5 Å². The van der Waals surface area contributed by atoms with Gasteiger partial charge in [0.25, 0.3) is 5.89 Å². The molecule has 0 bridgehead atoms. The Balaban J connectivity index is 0.00000729. The summed E-state index contributed by atoms with van der Waals surface area (Å²) in [6.45, 7) is 0. The summed E-state index contributed by atoms with van der Waals surface area (Å²) < 4.78 is 78.2. The van der Waals surface area contributed by atoms with E-state index in [0.717, 1.165) is 0 Å². The Kier molecular flexibility index (Phi) is 10.5. The Morgan fingerprint density at radius 3 is 1.75 bits per heavy atom. The molecule has 0 aliphatic heterocycles. The van der Waals surface area contributed by atoms with Crippen LogP contribution in [0.1, 0.15) is 18.2 Å². The molecule has 0 N–H and O–H groups in total. The Morgan fingerprint density at radius 2 is 1.39 bits per heavy atom. The van der Waals surface area contributed by atoms with Crippen LogP contribution < -0.4 is 0 Å². The van der Waals surface area contributed by atoms with Gasteiger partial charge in [0.1, 0.15) is 16.3 Å². The summed E-state index contributed by atoms with van der Waals surface area (Å²) in [7, 11) is 0. The summed E-state index contributed by atoms with van der Waals surface area (Å²) in [6.07, 6.45) is -2.36. The lowest BCUT2D eigenvalue weighted by Crippen LogP contribution is -2.42. The zero-order chi connectivity index (χ0) is 20.9. The third-order valence-corrected chi connectivity index (χ3v) is 8.10. The van der Waals surface area contributed by atoms with Crippen molar-refractivity contribution in [3.63, 3.8) is 0 Å². The minimum absolute atomic E-state index is 0. The van der Waals surface area contributed by atoms with Crippen LogP contribution in [0.25, 0.3) is 0 Å². The molecule has 1 aromatic rings. The van der Waals surface area contributed by atoms with Crippen molar-refractivity contribution in [2.45, 2.75) is 26.2 Å². The molecule has 0 unspecified atom stereocenters. The van der Waals surface area contributed by atoms with E-state index in [1.54, 1.807) is 0 Å². The zero-order valence-corrected chi connectivity index (χ0v) is 16.5. The summed E-state index contributed by atoms with van der Waals surface area (Å²) in [5.41, 5.74) is 0. The highest BCUT2D eigenvalue weighted by atomic mass is 32.3. The average molecular weight is 518 g/mol. The fraction of sp³-hybridized carbons (Fsp3) is 0.714. The summed E-state index contributed by atoms with van der Waals surface area (Å²) in [4.78, 5) is 17.3. The van der Waals surface area contributed by atoms with E-state index in [0.29, 0.717) is 0 Å². The van der Waals surface area contributed by atoms with Crippen molar-refractivity contribution < 1.29 is 42.8 Å². The van der Waals surface area contributed by atoms with Gasteiger partial charge in [-0.05, 0) is 0 Å². The number of hydrogen-bond acceptors (Lipinski definition) is 12. The van der Waals surface area contributed by atoms with Gasteiger partial charge in [-0.25, -0.2) is 0 Å². The van der Waals surface area contributed by atoms with Gasteiger partial charge in [0, 0.05) is 6.42 Å². The molecule has 21 heteroatoms. The standard InChI is InChI=1S/C7H4F6N4O5S5.FH/c8-5(16(18)19,17(20)21)2-1-3-14-15-4(22-3)6(23-9,24-10)7(25-11,26-12)27-13;/h1-2H2;1H. The topological polar surface area (TPSA) is 125 Å². The van der Waals surface area contributed by atoms with Crippen molar-refractivity contribution in [2.75, 3.05) is 0 Å². The van der Waals surface area contributed by atoms with Gasteiger partial charge < -0.3 is 4.42 Å². The molecule has 0 radical (unpaired) electrons. The van der Waals surface area contributed by atoms with Crippen molar-refractivity contribution >= 4 is 60.7 Å². The SMILES string of the molecule is F.O=[N+]([O-])C(F)(CCc1nnc(C(SF)(SF)C(SF)(SF)SF)o1)[N+](=O)[O-]. The Bertz CT molecular complexity index is 658. The molecule has 0 fully saturated rings. The molecular weight excluding hydrogens is 513 g/mol. The third-order valence-electron chi connectivity index (χ3n) is 2.89. The van der Waals surface area contributed by atoms with Crippen LogP contribution in [0.4, 0.5) is 28.5 Å². The van der Waals surface area contributed by atoms with Gasteiger partial charge in [-0.2, -0.15) is 19.4 Å². The molecule has 0 aliphatic rings. The van der Waals surface area contributed by atoms with E-state index in [-0.39, 0.29) is 4.70 Å². The number of hydrogen-bond donors (Lipinski definition) is 0. The first-order chi connectivity index (χ1) is 12.6. The summed E-state index contributed by atoms with van der Waals surface area (Å²) >= 11 is -5.49. The largest absolute Gasteiger partial charge is 0.614 e. The number of nitrogens with zero attached hydrogens (tertiary/aromatic N) is 4. The molecule has 0 aliphatic carbocycles. The lowest BCUT2D eigenvalue weighted by molar-refractivity contribution is -0.832. The molecule has 1 rings (SSSR count). The molecule has 9 nitrogen and oxygen atoms in total. The van der Waals surface area contributed by atoms with Crippen LogP contribution in [0.15, 0.2) is 4.42 Å². The molecule has 28 heavy (non-hydrogen) atoms. The van der Waals surface area contributed by atoms with Gasteiger partial charge in [-0.1, -0.05) is 4.39 Å². The molecule has 0 amide bonds. The third kappa shape index (κ3) is 4.67. The predicted octanol–water partition coefficient (Wildman–Crippen LogP) is 5.23. The highest BCUT2D eigenvalue weighted by Crippen LogP contribution is 2.69. The second-order valence-corrected chi connectivity index (χ2v) is 9.16. The number of aryl methyl sites for hydroxylation is 1. The van der Waals surface area contributed by atoms with E-state index in [1.165, 1.54) is 0 Å². The zero-order valence-electron chi connectivity index (χ0n) is 12.5. The van der Waals surface area contributed by atoms with Crippen LogP contribution in [0, 0.1) is 20.2 Å². The lowest BCUT2D eigenvalue weighted by atomic mass is 10.2. The van der Waals surface area contributed by atoms with E-state index in [1.807, 2.05) is 0 Å². The maximum Gasteiger partial charge on any atom is 0.614 e. The van der Waals surface area contributed by atoms with Crippen LogP contribution in [0.2, 0.25) is 0 Å². The smallest absolute Gasteiger partial charge is 0.422 e. The van der Waals surface area contributed by atoms with E-state index >= 15 is 0 Å². The Labute approximate surface area is 172 Å². The molecule has 0 spiro atoms. The number of rotatable bonds is 12. The quantitative estimate of drug-likeness (QED) is 0.118. The molecule has 0 atom stereocenters. The highest BCUT2D eigenvalue weighted by molar-refractivity contribution is 8.32. The number of nitro groups is 2. The average Bonchev–Trinajstić information content (AvgIpc) is 3.13. The van der Waals surface area contributed by atoms with Crippen molar-refractivity contribution in [3.05, 3.63) is 32.0 Å². The van der Waals surface area contributed by atoms with E-state index < -0.39 is 109 Å². The normalized spacial score (nSPS) is 12.5. The van der Waals surface area contributed by atoms with Gasteiger partial charge in [0.2, 0.25) is 13.4 Å².